The third kappa shape index (κ3) is 19.8. The molecule has 6 aromatic rings. The van der Waals surface area contributed by atoms with Gasteiger partial charge in [-0.3, -0.25) is 0 Å². The van der Waals surface area contributed by atoms with Gasteiger partial charge in [-0.05, 0) is 133 Å². The number of alkyl halides is 10. The first-order valence-corrected chi connectivity index (χ1v) is 27.1. The summed E-state index contributed by atoms with van der Waals surface area (Å²) >= 11 is 4.59. The van der Waals surface area contributed by atoms with Gasteiger partial charge in [0.1, 0.15) is 45.9 Å². The molecular formula is C62H56ClF18NaO4. The van der Waals surface area contributed by atoms with Crippen LogP contribution in [-0.2, 0) is 12.2 Å². The van der Waals surface area contributed by atoms with E-state index in [0.717, 1.165) is 80.0 Å². The molecule has 8 rings (SSSR count). The van der Waals surface area contributed by atoms with E-state index in [2.05, 4.69) is 39.7 Å². The van der Waals surface area contributed by atoms with Crippen molar-refractivity contribution in [2.45, 2.75) is 127 Å². The normalized spacial score (nSPS) is 17.5. The Hall–Kier alpha value is -5.97. The summed E-state index contributed by atoms with van der Waals surface area (Å²) < 4.78 is 255. The number of halogens is 19. The quantitative estimate of drug-likeness (QED) is 0.0596. The standard InChI is InChI=1S/C31H27F9O2.C28H26F6O2.C3H2ClF3.Na.H/c1-2-3-18-4-6-19(7-5-18)20-8-10-21(11-9-20)22-14-24(32)28(25(33)15-22)31(39,40)42-23-16-26(34)29(27(35)17-23)41-13-12-30(36,37)38;1-2-3-16-4-6-17(7-5-16)18-8-10-19(11-9-18)20-12-22(29)26(23(30)13-20)28(33,34)36-21-14-24(31)27(35)25(32)15-21;4-2-1-3(5,6)7;;/h8-19H,2-7H2,1H3;8-17,35H,2-7H2,1H3;1-2H;;/q;;;+1;-1/b13-12-;;2-1-;;. The van der Waals surface area contributed by atoms with Crippen LogP contribution in [0.1, 0.15) is 126 Å². The van der Waals surface area contributed by atoms with Gasteiger partial charge in [-0.2, -0.15) is 43.9 Å². The molecule has 4 nitrogen and oxygen atoms in total. The molecule has 0 radical (unpaired) electrons. The molecule has 2 aliphatic rings. The molecule has 1 N–H and O–H groups in total. The van der Waals surface area contributed by atoms with Gasteiger partial charge in [-0.1, -0.05) is 99.7 Å². The van der Waals surface area contributed by atoms with E-state index in [0.29, 0.717) is 40.6 Å². The van der Waals surface area contributed by atoms with Crippen LogP contribution < -0.4 is 43.8 Å². The monoisotopic (exact) mass is 1260 g/mol. The Labute approximate surface area is 512 Å². The summed E-state index contributed by atoms with van der Waals surface area (Å²) in [4.78, 5) is 0. The maximum absolute atomic E-state index is 14.9. The average molecular weight is 1270 g/mol. The fourth-order valence-electron chi connectivity index (χ4n) is 10.3. The van der Waals surface area contributed by atoms with E-state index in [4.69, 9.17) is 5.11 Å². The number of aromatic hydroxyl groups is 1. The van der Waals surface area contributed by atoms with E-state index in [9.17, 15) is 79.0 Å². The summed E-state index contributed by atoms with van der Waals surface area (Å²) in [6.07, 6.45) is -5.22. The number of phenols is 1. The maximum atomic E-state index is 14.9. The summed E-state index contributed by atoms with van der Waals surface area (Å²) in [7, 11) is 0. The molecule has 2 aliphatic carbocycles. The van der Waals surface area contributed by atoms with Crippen LogP contribution >= 0.6 is 11.6 Å². The van der Waals surface area contributed by atoms with Crippen molar-refractivity contribution in [3.05, 3.63) is 190 Å². The van der Waals surface area contributed by atoms with Crippen molar-refractivity contribution in [1.29, 1.82) is 0 Å². The molecule has 2 saturated carbocycles. The zero-order chi connectivity index (χ0) is 62.6. The van der Waals surface area contributed by atoms with Crippen LogP contribution in [0.4, 0.5) is 79.0 Å². The second-order valence-corrected chi connectivity index (χ2v) is 20.6. The van der Waals surface area contributed by atoms with Crippen molar-refractivity contribution in [2.24, 2.45) is 11.8 Å². The molecule has 86 heavy (non-hydrogen) atoms. The Morgan fingerprint density at radius 3 is 1.08 bits per heavy atom. The third-order valence-corrected chi connectivity index (χ3v) is 14.5. The Kier molecular flexibility index (Phi) is 25.3. The van der Waals surface area contributed by atoms with Gasteiger partial charge in [-0.25, -0.2) is 35.1 Å². The molecule has 0 spiro atoms. The summed E-state index contributed by atoms with van der Waals surface area (Å²) in [6.45, 7) is 4.36. The molecule has 462 valence electrons. The molecule has 0 unspecified atom stereocenters. The number of phenolic OH excluding ortho intramolecular Hbond substituents is 1. The summed E-state index contributed by atoms with van der Waals surface area (Å²) in [5.74, 6) is -15.6. The van der Waals surface area contributed by atoms with Gasteiger partial charge in [-0.15, -0.1) is 0 Å². The van der Waals surface area contributed by atoms with Gasteiger partial charge >= 0.3 is 54.1 Å². The van der Waals surface area contributed by atoms with E-state index < -0.39 is 111 Å². The van der Waals surface area contributed by atoms with Gasteiger partial charge in [0.15, 0.2) is 34.8 Å². The number of hydrogen-bond acceptors (Lipinski definition) is 4. The van der Waals surface area contributed by atoms with Gasteiger partial charge < -0.3 is 20.7 Å². The van der Waals surface area contributed by atoms with E-state index in [-0.39, 0.29) is 78.7 Å². The van der Waals surface area contributed by atoms with Crippen LogP contribution in [0.3, 0.4) is 0 Å². The van der Waals surface area contributed by atoms with E-state index in [1.165, 1.54) is 32.1 Å². The summed E-state index contributed by atoms with van der Waals surface area (Å²) in [5.41, 5.74) is 0.0818. The molecule has 0 heterocycles. The molecule has 0 saturated heterocycles. The summed E-state index contributed by atoms with van der Waals surface area (Å²) in [5, 5.41) is 9.08. The number of ether oxygens (including phenoxy) is 3. The molecule has 6 aromatic carbocycles. The van der Waals surface area contributed by atoms with Crippen molar-refractivity contribution >= 4 is 11.6 Å². The van der Waals surface area contributed by atoms with Crippen LogP contribution in [-0.4, -0.2) is 17.5 Å². The van der Waals surface area contributed by atoms with Crippen LogP contribution in [0.15, 0.2) is 121 Å². The van der Waals surface area contributed by atoms with E-state index >= 15 is 0 Å². The fraction of sp³-hybridized carbons (Fsp3) is 0.355. The van der Waals surface area contributed by atoms with Gasteiger partial charge in [0.2, 0.25) is 0 Å². The Balaban J connectivity index is 0.000000331. The zero-order valence-electron chi connectivity index (χ0n) is 47.2. The molecule has 0 bridgehead atoms. The van der Waals surface area contributed by atoms with Crippen molar-refractivity contribution in [1.82, 2.24) is 0 Å². The van der Waals surface area contributed by atoms with Crippen LogP contribution in [0.25, 0.3) is 22.3 Å². The van der Waals surface area contributed by atoms with Gasteiger partial charge in [0.25, 0.3) is 0 Å². The van der Waals surface area contributed by atoms with Crippen LogP contribution in [0, 0.1) is 58.4 Å². The average Bonchev–Trinajstić information content (AvgIpc) is 1.07. The molecule has 0 aromatic heterocycles. The number of benzene rings is 6. The predicted octanol–water partition coefficient (Wildman–Crippen LogP) is 18.8. The van der Waals surface area contributed by atoms with Crippen molar-refractivity contribution in [2.75, 3.05) is 0 Å². The van der Waals surface area contributed by atoms with E-state index in [1.807, 2.05) is 24.3 Å². The summed E-state index contributed by atoms with van der Waals surface area (Å²) in [6, 6.07) is 18.1. The molecule has 0 amide bonds. The smallest absolute Gasteiger partial charge is 1.00 e. The molecule has 2 fully saturated rings. The van der Waals surface area contributed by atoms with Crippen LogP contribution in [0.5, 0.6) is 23.0 Å². The second-order valence-electron chi connectivity index (χ2n) is 20.4. The minimum Gasteiger partial charge on any atom is -1.00 e. The first-order chi connectivity index (χ1) is 39.9. The minimum absolute atomic E-state index is 0. The molecule has 0 atom stereocenters. The third-order valence-electron chi connectivity index (χ3n) is 14.3. The maximum Gasteiger partial charge on any atom is 1.00 e. The fourth-order valence-corrected chi connectivity index (χ4v) is 10.4. The van der Waals surface area contributed by atoms with Crippen molar-refractivity contribution in [3.8, 4) is 45.3 Å². The van der Waals surface area contributed by atoms with Crippen molar-refractivity contribution < 1.29 is 129 Å². The predicted molar refractivity (Wildman–Crippen MR) is 284 cm³/mol. The molecule has 24 heteroatoms. The van der Waals surface area contributed by atoms with E-state index in [1.54, 1.807) is 24.3 Å². The van der Waals surface area contributed by atoms with Crippen molar-refractivity contribution in [3.63, 3.8) is 0 Å². The first-order valence-electron chi connectivity index (χ1n) is 26.7. The topological polar surface area (TPSA) is 47.9 Å². The Morgan fingerprint density at radius 1 is 0.465 bits per heavy atom. The largest absolute Gasteiger partial charge is 1.00 e. The van der Waals surface area contributed by atoms with Gasteiger partial charge in [0, 0.05) is 35.9 Å². The zero-order valence-corrected chi connectivity index (χ0v) is 49.0. The number of rotatable bonds is 16. The number of hydrogen-bond donors (Lipinski definition) is 1. The minimum atomic E-state index is -4.83. The van der Waals surface area contributed by atoms with Crippen LogP contribution in [0.2, 0.25) is 0 Å². The Bertz CT molecular complexity index is 3160. The second kappa shape index (κ2) is 30.8. The van der Waals surface area contributed by atoms with Gasteiger partial charge in [0.05, 0.1) is 12.3 Å². The molecule has 0 aliphatic heterocycles. The SMILES string of the molecule is CCCC1CCC(c2ccc(-c3cc(F)c(C(F)(F)Oc4cc(F)c(O)c(F)c4)c(F)c3)cc2)CC1.CCCC1CCC(c2ccc(-c3cc(F)c(C(F)(F)Oc4cc(F)c(O/C=C\C(F)(F)F)c(F)c4)c(F)c3)cc2)CC1.FC(F)(F)/C=C\Cl.[H-].[Na+]. The Morgan fingerprint density at radius 2 is 0.791 bits per heavy atom. The molecular weight excluding hydrogens is 1210 g/mol. The number of allylic oxidation sites excluding steroid dienone is 2. The first kappa shape index (κ1) is 70.8.